The number of carbonyl (C=O) groups is 2. The summed E-state index contributed by atoms with van der Waals surface area (Å²) in [6.45, 7) is 8.71. The molecule has 0 spiro atoms. The van der Waals surface area contributed by atoms with Gasteiger partial charge in [0.2, 0.25) is 11.8 Å². The van der Waals surface area contributed by atoms with Gasteiger partial charge in [0.25, 0.3) is 0 Å². The fraction of sp³-hybridized carbons (Fsp3) is 0.846. The first-order chi connectivity index (χ1) is 8.01. The molecule has 0 aliphatic carbocycles. The van der Waals surface area contributed by atoms with E-state index in [9.17, 15) is 9.59 Å². The van der Waals surface area contributed by atoms with Crippen LogP contribution in [0.2, 0.25) is 0 Å². The Hall–Kier alpha value is -1.06. The van der Waals surface area contributed by atoms with Gasteiger partial charge in [0.05, 0.1) is 0 Å². The van der Waals surface area contributed by atoms with E-state index in [2.05, 4.69) is 26.1 Å². The first-order valence-corrected chi connectivity index (χ1v) is 6.61. The van der Waals surface area contributed by atoms with Gasteiger partial charge in [-0.15, -0.1) is 0 Å². The summed E-state index contributed by atoms with van der Waals surface area (Å²) in [5.74, 6) is 0.541. The topological polar surface area (TPSA) is 49.4 Å². The van der Waals surface area contributed by atoms with Gasteiger partial charge in [-0.05, 0) is 19.8 Å². The Labute approximate surface area is 104 Å². The normalized spacial score (nSPS) is 23.6. The number of hydrogen-bond donors (Lipinski definition) is 1. The van der Waals surface area contributed by atoms with Gasteiger partial charge < -0.3 is 10.2 Å². The first kappa shape index (κ1) is 14.0. The van der Waals surface area contributed by atoms with Crippen LogP contribution in [0.3, 0.4) is 0 Å². The molecule has 1 saturated heterocycles. The molecule has 1 N–H and O–H groups in total. The summed E-state index contributed by atoms with van der Waals surface area (Å²) >= 11 is 0. The van der Waals surface area contributed by atoms with E-state index in [1.54, 1.807) is 6.92 Å². The molecule has 0 saturated carbocycles. The molecule has 17 heavy (non-hydrogen) atoms. The molecular weight excluding hydrogens is 216 g/mol. The molecule has 1 rings (SSSR count). The number of nitrogens with one attached hydrogen (secondary N) is 1. The summed E-state index contributed by atoms with van der Waals surface area (Å²) in [6, 6.07) is -0.172. The van der Waals surface area contributed by atoms with E-state index in [-0.39, 0.29) is 23.9 Å². The molecule has 2 amide bonds. The second-order valence-corrected chi connectivity index (χ2v) is 4.89. The second kappa shape index (κ2) is 6.03. The molecule has 1 aliphatic rings. The van der Waals surface area contributed by atoms with Crippen molar-refractivity contribution >= 4 is 11.8 Å². The first-order valence-electron chi connectivity index (χ1n) is 6.61. The molecule has 1 fully saturated rings. The minimum absolute atomic E-state index is 0.0231. The Kier molecular flexibility index (Phi) is 4.97. The van der Waals surface area contributed by atoms with E-state index < -0.39 is 0 Å². The maximum absolute atomic E-state index is 12.2. The minimum Gasteiger partial charge on any atom is -0.345 e. The number of carbonyl (C=O) groups excluding carboxylic acids is 2. The fourth-order valence-electron chi connectivity index (χ4n) is 2.59. The lowest BCUT2D eigenvalue weighted by Gasteiger charge is -2.34. The summed E-state index contributed by atoms with van der Waals surface area (Å²) in [5, 5.41) is 2.72. The molecular formula is C13H24N2O2. The lowest BCUT2D eigenvalue weighted by molar-refractivity contribution is -0.135. The standard InChI is InChI=1S/C13H24N2O2/c1-5-11(6-2)10(4)15-8-7-12(16)14-9(3)13(15)17/h9-11H,5-8H2,1-4H3,(H,14,16). The second-order valence-electron chi connectivity index (χ2n) is 4.89. The molecule has 4 heteroatoms. The van der Waals surface area contributed by atoms with Crippen molar-refractivity contribution in [3.05, 3.63) is 0 Å². The highest BCUT2D eigenvalue weighted by atomic mass is 16.2. The lowest BCUT2D eigenvalue weighted by Crippen LogP contribution is -2.48. The third-order valence-corrected chi connectivity index (χ3v) is 3.83. The molecule has 4 nitrogen and oxygen atoms in total. The van der Waals surface area contributed by atoms with E-state index in [0.717, 1.165) is 12.8 Å². The van der Waals surface area contributed by atoms with Gasteiger partial charge in [-0.25, -0.2) is 0 Å². The largest absolute Gasteiger partial charge is 0.345 e. The van der Waals surface area contributed by atoms with Crippen LogP contribution in [0, 0.1) is 5.92 Å². The number of amides is 2. The van der Waals surface area contributed by atoms with Crippen LogP contribution in [-0.2, 0) is 9.59 Å². The Morgan fingerprint density at radius 3 is 2.47 bits per heavy atom. The Morgan fingerprint density at radius 1 is 1.35 bits per heavy atom. The highest BCUT2D eigenvalue weighted by Gasteiger charge is 2.31. The SMILES string of the molecule is CCC(CC)C(C)N1CCC(=O)NC(C)C1=O. The van der Waals surface area contributed by atoms with Gasteiger partial charge in [-0.3, -0.25) is 9.59 Å². The maximum atomic E-state index is 12.2. The zero-order valence-corrected chi connectivity index (χ0v) is 11.3. The Morgan fingerprint density at radius 2 is 1.94 bits per heavy atom. The predicted molar refractivity (Wildman–Crippen MR) is 67.5 cm³/mol. The summed E-state index contributed by atoms with van der Waals surface area (Å²) in [4.78, 5) is 25.5. The molecule has 2 unspecified atom stereocenters. The highest BCUT2D eigenvalue weighted by molar-refractivity contribution is 5.89. The molecule has 0 aromatic rings. The maximum Gasteiger partial charge on any atom is 0.245 e. The monoisotopic (exact) mass is 240 g/mol. The quantitative estimate of drug-likeness (QED) is 0.810. The van der Waals surface area contributed by atoms with Crippen LogP contribution in [0.25, 0.3) is 0 Å². The van der Waals surface area contributed by atoms with Crippen molar-refractivity contribution < 1.29 is 9.59 Å². The van der Waals surface area contributed by atoms with Crippen LogP contribution < -0.4 is 5.32 Å². The van der Waals surface area contributed by atoms with Crippen molar-refractivity contribution in [2.75, 3.05) is 6.54 Å². The average molecular weight is 240 g/mol. The lowest BCUT2D eigenvalue weighted by atomic mass is 9.94. The van der Waals surface area contributed by atoms with E-state index in [1.807, 2.05) is 4.90 Å². The zero-order valence-electron chi connectivity index (χ0n) is 11.3. The molecule has 0 aromatic heterocycles. The molecule has 1 heterocycles. The van der Waals surface area contributed by atoms with Crippen LogP contribution in [0.5, 0.6) is 0 Å². The molecule has 0 aromatic carbocycles. The van der Waals surface area contributed by atoms with Gasteiger partial charge in [-0.2, -0.15) is 0 Å². The summed E-state index contributed by atoms with van der Waals surface area (Å²) in [6.07, 6.45) is 2.55. The van der Waals surface area contributed by atoms with Crippen LogP contribution in [-0.4, -0.2) is 35.3 Å². The molecule has 0 bridgehead atoms. The van der Waals surface area contributed by atoms with Crippen LogP contribution in [0.4, 0.5) is 0 Å². The Bertz CT molecular complexity index is 287. The van der Waals surface area contributed by atoms with Crippen molar-refractivity contribution in [1.82, 2.24) is 10.2 Å². The van der Waals surface area contributed by atoms with Crippen molar-refractivity contribution in [3.63, 3.8) is 0 Å². The Balaban J connectivity index is 2.80. The third kappa shape index (κ3) is 3.20. The summed E-state index contributed by atoms with van der Waals surface area (Å²) < 4.78 is 0. The minimum atomic E-state index is -0.387. The van der Waals surface area contributed by atoms with Gasteiger partial charge in [0.15, 0.2) is 0 Å². The highest BCUT2D eigenvalue weighted by Crippen LogP contribution is 2.20. The van der Waals surface area contributed by atoms with E-state index in [0.29, 0.717) is 18.9 Å². The number of rotatable bonds is 4. The molecule has 2 atom stereocenters. The molecule has 1 aliphatic heterocycles. The summed E-state index contributed by atoms with van der Waals surface area (Å²) in [7, 11) is 0. The van der Waals surface area contributed by atoms with Gasteiger partial charge in [0.1, 0.15) is 6.04 Å². The van der Waals surface area contributed by atoms with Crippen molar-refractivity contribution in [2.24, 2.45) is 5.92 Å². The van der Waals surface area contributed by atoms with Gasteiger partial charge in [0, 0.05) is 19.0 Å². The van der Waals surface area contributed by atoms with Crippen LogP contribution in [0.15, 0.2) is 0 Å². The van der Waals surface area contributed by atoms with Crippen LogP contribution >= 0.6 is 0 Å². The van der Waals surface area contributed by atoms with Crippen LogP contribution in [0.1, 0.15) is 47.0 Å². The van der Waals surface area contributed by atoms with E-state index >= 15 is 0 Å². The molecule has 98 valence electrons. The van der Waals surface area contributed by atoms with E-state index in [1.165, 1.54) is 0 Å². The van der Waals surface area contributed by atoms with Crippen molar-refractivity contribution in [1.29, 1.82) is 0 Å². The van der Waals surface area contributed by atoms with Gasteiger partial charge in [-0.1, -0.05) is 26.7 Å². The predicted octanol–water partition coefficient (Wildman–Crippen LogP) is 1.55. The zero-order chi connectivity index (χ0) is 13.0. The summed E-state index contributed by atoms with van der Waals surface area (Å²) in [5.41, 5.74) is 0. The van der Waals surface area contributed by atoms with E-state index in [4.69, 9.17) is 0 Å². The van der Waals surface area contributed by atoms with Crippen molar-refractivity contribution in [3.8, 4) is 0 Å². The smallest absolute Gasteiger partial charge is 0.245 e. The molecule has 0 radical (unpaired) electrons. The average Bonchev–Trinajstić information content (AvgIpc) is 2.41. The number of nitrogens with zero attached hydrogens (tertiary/aromatic N) is 1. The van der Waals surface area contributed by atoms with Crippen molar-refractivity contribution in [2.45, 2.75) is 59.0 Å². The van der Waals surface area contributed by atoms with Gasteiger partial charge >= 0.3 is 0 Å². The fourth-order valence-corrected chi connectivity index (χ4v) is 2.59. The number of hydrogen-bond acceptors (Lipinski definition) is 2. The third-order valence-electron chi connectivity index (χ3n) is 3.83.